The van der Waals surface area contributed by atoms with Gasteiger partial charge in [-0.05, 0) is 110 Å². The van der Waals surface area contributed by atoms with Crippen molar-refractivity contribution < 1.29 is 16.2 Å². The zero-order valence-electron chi connectivity index (χ0n) is 43.0. The highest BCUT2D eigenvalue weighted by Crippen LogP contribution is 2.40. The molecule has 0 aliphatic rings. The van der Waals surface area contributed by atoms with Crippen molar-refractivity contribution in [3.8, 4) is 50.9 Å². The molecule has 0 aliphatic carbocycles. The Bertz CT molecular complexity index is 3360. The molecule has 63 heavy (non-hydrogen) atoms. The minimum atomic E-state index is -0.433. The van der Waals surface area contributed by atoms with E-state index in [4.69, 9.17) is 16.6 Å². The lowest BCUT2D eigenvalue weighted by atomic mass is 9.78. The summed E-state index contributed by atoms with van der Waals surface area (Å²) >= 11 is 0. The second-order valence-corrected chi connectivity index (χ2v) is 19.8. The number of rotatable bonds is 8. The number of aromatic nitrogens is 4. The molecule has 6 aromatic carbocycles. The van der Waals surface area contributed by atoms with Crippen LogP contribution in [0.4, 0.5) is 0 Å². The van der Waals surface area contributed by atoms with E-state index in [1.165, 1.54) is 16.7 Å². The Hall–Kier alpha value is -6.72. The number of hydrogen-bond acceptors (Lipinski definition) is 2. The van der Waals surface area contributed by atoms with Crippen LogP contribution in [0.5, 0.6) is 11.5 Å². The second kappa shape index (κ2) is 15.9. The van der Waals surface area contributed by atoms with Gasteiger partial charge in [-0.25, -0.2) is 4.98 Å². The summed E-state index contributed by atoms with van der Waals surface area (Å²) in [6.45, 7) is 22.3. The van der Waals surface area contributed by atoms with Crippen molar-refractivity contribution in [3.63, 3.8) is 0 Å². The lowest BCUT2D eigenvalue weighted by Gasteiger charge is -2.27. The number of ether oxygens (including phenoxy) is 1. The first-order valence-corrected chi connectivity index (χ1v) is 21.8. The predicted molar refractivity (Wildman–Crippen MR) is 261 cm³/mol. The minimum Gasteiger partial charge on any atom is -0.458 e. The summed E-state index contributed by atoms with van der Waals surface area (Å²) in [6.07, 6.45) is 9.23. The molecule has 316 valence electrons. The summed E-state index contributed by atoms with van der Waals surface area (Å²) in [6, 6.07) is 37.5. The van der Waals surface area contributed by atoms with Crippen LogP contribution in [-0.4, -0.2) is 14.1 Å². The molecular weight excluding hydrogens is 769 g/mol. The standard InChI is InChI=1S/C58H58N4O/c1-39(56(2,3)4)41-28-29-59-54(34-41)62-52-25-15-14-22-50(52)51-27-26-47(37-53(51)62)63-46-21-16-20-45(36-46)60-30-31-61(38-60)55-48(40-18-12-11-13-19-40)23-17-24-49(55)42-32-43(57(5,6)7)35-44(33-42)58(8,9)10/h11-37,39H,1-10H3/i11D,12D,13D,18D,19D. The third kappa shape index (κ3) is 8.21. The third-order valence-electron chi connectivity index (χ3n) is 12.4. The molecule has 0 fully saturated rings. The Balaban J connectivity index is 1.14. The number of benzene rings is 6. The molecule has 0 N–H and O–H groups in total. The number of hydrogen-bond donors (Lipinski definition) is 0. The summed E-state index contributed by atoms with van der Waals surface area (Å²) in [5, 5.41) is 2.24. The van der Waals surface area contributed by atoms with E-state index in [1.54, 1.807) is 0 Å². The molecule has 0 saturated carbocycles. The van der Waals surface area contributed by atoms with Crippen LogP contribution in [0, 0.1) is 11.7 Å². The Morgan fingerprint density at radius 1 is 0.651 bits per heavy atom. The molecule has 9 rings (SSSR count). The molecule has 0 spiro atoms. The number of pyridine rings is 1. The van der Waals surface area contributed by atoms with Crippen LogP contribution in [0.3, 0.4) is 0 Å². The van der Waals surface area contributed by atoms with Gasteiger partial charge in [-0.2, -0.15) is 0 Å². The molecule has 0 aliphatic heterocycles. The fraction of sp³-hybridized carbons (Fsp3) is 0.241. The number of imidazole rings is 1. The molecule has 3 heterocycles. The van der Waals surface area contributed by atoms with E-state index in [0.717, 1.165) is 44.4 Å². The fourth-order valence-corrected chi connectivity index (χ4v) is 8.28. The average Bonchev–Trinajstić information content (AvgIpc) is 3.92. The van der Waals surface area contributed by atoms with Crippen LogP contribution in [0.1, 0.15) is 98.7 Å². The number of nitrogens with zero attached hydrogens (tertiary/aromatic N) is 4. The van der Waals surface area contributed by atoms with E-state index in [9.17, 15) is 0 Å². The van der Waals surface area contributed by atoms with E-state index in [2.05, 4.69) is 147 Å². The lowest BCUT2D eigenvalue weighted by molar-refractivity contribution is -0.598. The van der Waals surface area contributed by atoms with Gasteiger partial charge in [-0.1, -0.05) is 160 Å². The summed E-state index contributed by atoms with van der Waals surface area (Å²) < 4.78 is 56.3. The van der Waals surface area contributed by atoms with Gasteiger partial charge in [0.15, 0.2) is 0 Å². The van der Waals surface area contributed by atoms with Crippen molar-refractivity contribution >= 4 is 21.8 Å². The molecular formula is C58H58N4O. The zero-order chi connectivity index (χ0) is 48.6. The minimum absolute atomic E-state index is 0.0877. The first kappa shape index (κ1) is 35.8. The van der Waals surface area contributed by atoms with Gasteiger partial charge in [0.2, 0.25) is 0 Å². The number of fused-ring (bicyclic) bond motifs is 3. The van der Waals surface area contributed by atoms with E-state index in [1.807, 2.05) is 76.3 Å². The normalized spacial score (nSPS) is 14.0. The largest absolute Gasteiger partial charge is 0.458 e. The van der Waals surface area contributed by atoms with Gasteiger partial charge in [0.25, 0.3) is 6.33 Å². The van der Waals surface area contributed by atoms with E-state index in [0.29, 0.717) is 28.7 Å². The maximum atomic E-state index is 9.05. The van der Waals surface area contributed by atoms with Crippen LogP contribution >= 0.6 is 0 Å². The summed E-state index contributed by atoms with van der Waals surface area (Å²) in [4.78, 5) is 4.89. The second-order valence-electron chi connectivity index (χ2n) is 19.8. The van der Waals surface area contributed by atoms with Gasteiger partial charge in [-0.15, -0.1) is 0 Å². The smallest absolute Gasteiger partial charge is 0.268 e. The average molecular weight is 832 g/mol. The van der Waals surface area contributed by atoms with Crippen molar-refractivity contribution in [2.75, 3.05) is 0 Å². The van der Waals surface area contributed by atoms with Gasteiger partial charge in [0.05, 0.1) is 29.3 Å². The predicted octanol–water partition coefficient (Wildman–Crippen LogP) is 14.9. The van der Waals surface area contributed by atoms with Crippen LogP contribution in [0.2, 0.25) is 0 Å². The Labute approximate surface area is 380 Å². The van der Waals surface area contributed by atoms with Crippen LogP contribution in [0.15, 0.2) is 164 Å². The van der Waals surface area contributed by atoms with E-state index >= 15 is 0 Å². The molecule has 0 saturated heterocycles. The van der Waals surface area contributed by atoms with Gasteiger partial charge < -0.3 is 4.74 Å². The molecule has 3 aromatic heterocycles. The monoisotopic (exact) mass is 831 g/mol. The summed E-state index contributed by atoms with van der Waals surface area (Å²) in [5.74, 6) is 2.48. The van der Waals surface area contributed by atoms with Crippen LogP contribution in [-0.2, 0) is 10.8 Å². The van der Waals surface area contributed by atoms with Crippen molar-refractivity contribution in [3.05, 3.63) is 187 Å². The molecule has 5 nitrogen and oxygen atoms in total. The fourth-order valence-electron chi connectivity index (χ4n) is 8.28. The number of para-hydroxylation sites is 2. The molecule has 1 unspecified atom stereocenters. The van der Waals surface area contributed by atoms with Crippen LogP contribution < -0.4 is 9.30 Å². The molecule has 0 radical (unpaired) electrons. The van der Waals surface area contributed by atoms with Gasteiger partial charge in [0.1, 0.15) is 17.3 Å². The molecule has 1 atom stereocenters. The van der Waals surface area contributed by atoms with Crippen molar-refractivity contribution in [2.24, 2.45) is 5.41 Å². The van der Waals surface area contributed by atoms with Crippen molar-refractivity contribution in [1.82, 2.24) is 14.1 Å². The van der Waals surface area contributed by atoms with Crippen LogP contribution in [0.25, 0.3) is 61.3 Å². The lowest BCUT2D eigenvalue weighted by Crippen LogP contribution is -2.30. The van der Waals surface area contributed by atoms with Gasteiger partial charge in [-0.3, -0.25) is 13.7 Å². The summed E-state index contributed by atoms with van der Waals surface area (Å²) in [7, 11) is 0. The first-order valence-electron chi connectivity index (χ1n) is 24.3. The van der Waals surface area contributed by atoms with Gasteiger partial charge in [0, 0.05) is 35.4 Å². The van der Waals surface area contributed by atoms with Crippen molar-refractivity contribution in [1.29, 1.82) is 0 Å². The van der Waals surface area contributed by atoms with Crippen molar-refractivity contribution in [2.45, 2.75) is 86.0 Å². The van der Waals surface area contributed by atoms with E-state index in [-0.39, 0.29) is 46.0 Å². The molecule has 0 amide bonds. The maximum Gasteiger partial charge on any atom is 0.268 e. The third-order valence-corrected chi connectivity index (χ3v) is 12.4. The zero-order valence-corrected chi connectivity index (χ0v) is 38.0. The highest BCUT2D eigenvalue weighted by Gasteiger charge is 2.25. The highest BCUT2D eigenvalue weighted by molar-refractivity contribution is 6.09. The van der Waals surface area contributed by atoms with E-state index < -0.39 is 6.04 Å². The molecule has 0 bridgehead atoms. The van der Waals surface area contributed by atoms with Gasteiger partial charge >= 0.3 is 0 Å². The SMILES string of the molecule is [2H]c1c([2H])c([2H])c(-c2cccc(-c3cc(C(C)(C)C)cc(C(C)(C)C)c3)c2-[n+]2[c-]n(-c3cccc(Oc4ccc5c6ccccc6n(-c6cc(C(C)C(C)(C)C)ccn6)c5c4)c3)cc2)c([2H])c1[2H]. The first-order chi connectivity index (χ1) is 32.1. The topological polar surface area (TPSA) is 35.9 Å². The Kier molecular flexibility index (Phi) is 9.03. The Morgan fingerprint density at radius 2 is 1.32 bits per heavy atom. The quantitative estimate of drug-likeness (QED) is 0.113. The molecule has 9 aromatic rings. The maximum absolute atomic E-state index is 9.05. The highest BCUT2D eigenvalue weighted by atomic mass is 16.5. The Morgan fingerprint density at radius 3 is 2.03 bits per heavy atom. The molecule has 5 heteroatoms. The summed E-state index contributed by atoms with van der Waals surface area (Å²) in [5.41, 5.74) is 9.23.